The van der Waals surface area contributed by atoms with Crippen molar-refractivity contribution < 1.29 is 28.9 Å². The van der Waals surface area contributed by atoms with Gasteiger partial charge in [-0.25, -0.2) is 9.50 Å². The second-order valence-electron chi connectivity index (χ2n) is 9.04. The zero-order valence-corrected chi connectivity index (χ0v) is 20.7. The molecule has 3 heterocycles. The number of nitrogens with two attached hydrogens (primary N) is 1. The Morgan fingerprint density at radius 1 is 1.00 bits per heavy atom. The molecule has 2 aromatic carbocycles. The first-order valence-electron chi connectivity index (χ1n) is 12.2. The van der Waals surface area contributed by atoms with Crippen molar-refractivity contribution in [2.24, 2.45) is 0 Å². The molecule has 0 bridgehead atoms. The number of ether oxygens (including phenoxy) is 3. The van der Waals surface area contributed by atoms with Crippen LogP contribution in [0.3, 0.4) is 0 Å². The van der Waals surface area contributed by atoms with Gasteiger partial charge in [0.15, 0.2) is 18.0 Å². The van der Waals surface area contributed by atoms with Crippen molar-refractivity contribution in [3.8, 4) is 6.07 Å². The van der Waals surface area contributed by atoms with Gasteiger partial charge in [0.25, 0.3) is 0 Å². The number of hydrogen-bond donors (Lipinski definition) is 2. The number of rotatable bonds is 8. The lowest BCUT2D eigenvalue weighted by Crippen LogP contribution is -2.46. The van der Waals surface area contributed by atoms with Crippen LogP contribution >= 0.6 is 0 Å². The monoisotopic (exact) mass is 527 g/mol. The molecule has 1 aliphatic heterocycles. The molecule has 11 nitrogen and oxygen atoms in total. The van der Waals surface area contributed by atoms with Gasteiger partial charge in [0.2, 0.25) is 5.60 Å². The maximum absolute atomic E-state index is 13.1. The van der Waals surface area contributed by atoms with Gasteiger partial charge in [-0.1, -0.05) is 60.7 Å². The normalized spacial score (nSPS) is 22.3. The number of benzene rings is 2. The average Bonchev–Trinajstić information content (AvgIpc) is 3.51. The molecule has 0 radical (unpaired) electrons. The highest BCUT2D eigenvalue weighted by Gasteiger charge is 2.62. The van der Waals surface area contributed by atoms with E-state index in [1.165, 1.54) is 10.8 Å². The van der Waals surface area contributed by atoms with E-state index in [-0.39, 0.29) is 24.4 Å². The number of nitrogen functional groups attached to an aromatic ring is 1. The first-order chi connectivity index (χ1) is 18.9. The van der Waals surface area contributed by atoms with Crippen molar-refractivity contribution in [3.63, 3.8) is 0 Å². The summed E-state index contributed by atoms with van der Waals surface area (Å²) in [6.45, 7) is -0.611. The van der Waals surface area contributed by atoms with Gasteiger partial charge in [0.1, 0.15) is 24.0 Å². The summed E-state index contributed by atoms with van der Waals surface area (Å²) < 4.78 is 19.0. The van der Waals surface area contributed by atoms with Gasteiger partial charge < -0.3 is 25.1 Å². The topological polar surface area (TPSA) is 162 Å². The fourth-order valence-corrected chi connectivity index (χ4v) is 4.72. The molecule has 198 valence electrons. The summed E-state index contributed by atoms with van der Waals surface area (Å²) in [7, 11) is 0. The van der Waals surface area contributed by atoms with E-state index in [9.17, 15) is 20.0 Å². The Morgan fingerprint density at radius 3 is 2.21 bits per heavy atom. The third kappa shape index (κ3) is 5.03. The number of esters is 2. The quantitative estimate of drug-likeness (QED) is 0.323. The average molecular weight is 528 g/mol. The van der Waals surface area contributed by atoms with Gasteiger partial charge in [0.05, 0.1) is 25.1 Å². The number of aliphatic hydroxyl groups is 1. The molecule has 0 spiro atoms. The SMILES string of the molecule is N#C[C@@]1(c2ccc3c(N)ncnn23)O[C@H](CO)[C@@H](OC(=O)Cc2ccccc2)[C@H]1OC(=O)Cc1ccccc1. The number of aliphatic hydroxyl groups excluding tert-OH is 1. The third-order valence-corrected chi connectivity index (χ3v) is 6.52. The molecule has 4 aromatic rings. The largest absolute Gasteiger partial charge is 0.455 e. The summed E-state index contributed by atoms with van der Waals surface area (Å²) >= 11 is 0. The van der Waals surface area contributed by atoms with Gasteiger partial charge in [-0.05, 0) is 23.3 Å². The van der Waals surface area contributed by atoms with E-state index in [0.29, 0.717) is 16.6 Å². The highest BCUT2D eigenvalue weighted by atomic mass is 16.6. The van der Waals surface area contributed by atoms with Crippen LogP contribution in [0.15, 0.2) is 79.1 Å². The molecular formula is C28H25N5O6. The second-order valence-corrected chi connectivity index (χ2v) is 9.04. The number of anilines is 1. The Kier molecular flexibility index (Phi) is 7.23. The van der Waals surface area contributed by atoms with Crippen molar-refractivity contribution >= 4 is 23.3 Å². The lowest BCUT2D eigenvalue weighted by atomic mass is 9.92. The van der Waals surface area contributed by atoms with Crippen LogP contribution in [0, 0.1) is 11.3 Å². The smallest absolute Gasteiger partial charge is 0.310 e. The minimum atomic E-state index is -2.00. The predicted octanol–water partition coefficient (Wildman–Crippen LogP) is 1.73. The first-order valence-corrected chi connectivity index (χ1v) is 12.2. The molecule has 0 saturated carbocycles. The van der Waals surface area contributed by atoms with E-state index >= 15 is 0 Å². The number of fused-ring (bicyclic) bond motifs is 1. The van der Waals surface area contributed by atoms with Gasteiger partial charge >= 0.3 is 11.9 Å². The maximum Gasteiger partial charge on any atom is 0.310 e. The third-order valence-electron chi connectivity index (χ3n) is 6.52. The Bertz CT molecular complexity index is 1520. The van der Waals surface area contributed by atoms with E-state index in [4.69, 9.17) is 19.9 Å². The van der Waals surface area contributed by atoms with Crippen molar-refractivity contribution in [2.75, 3.05) is 12.3 Å². The summed E-state index contributed by atoms with van der Waals surface area (Å²) in [5.41, 5.74) is 5.95. The Hall–Kier alpha value is -4.79. The van der Waals surface area contributed by atoms with Crippen LogP contribution in [0.4, 0.5) is 5.82 Å². The Balaban J connectivity index is 1.53. The number of carbonyl (C=O) groups is 2. The second kappa shape index (κ2) is 10.9. The number of nitriles is 1. The summed E-state index contributed by atoms with van der Waals surface area (Å²) in [4.78, 5) is 30.1. The minimum absolute atomic E-state index is 0.0719. The molecular weight excluding hydrogens is 502 g/mol. The van der Waals surface area contributed by atoms with Gasteiger partial charge in [-0.2, -0.15) is 10.4 Å². The van der Waals surface area contributed by atoms with Gasteiger partial charge in [-0.3, -0.25) is 9.59 Å². The van der Waals surface area contributed by atoms with E-state index in [0.717, 1.165) is 0 Å². The van der Waals surface area contributed by atoms with Crippen LogP contribution < -0.4 is 5.73 Å². The minimum Gasteiger partial charge on any atom is -0.455 e. The number of hydrogen-bond acceptors (Lipinski definition) is 10. The number of carbonyl (C=O) groups excluding carboxylic acids is 2. The summed E-state index contributed by atoms with van der Waals surface area (Å²) in [5.74, 6) is -1.16. The predicted molar refractivity (Wildman–Crippen MR) is 137 cm³/mol. The first kappa shape index (κ1) is 25.8. The highest BCUT2D eigenvalue weighted by Crippen LogP contribution is 2.43. The van der Waals surface area contributed by atoms with Crippen LogP contribution in [0.1, 0.15) is 16.8 Å². The van der Waals surface area contributed by atoms with Gasteiger partial charge in [-0.15, -0.1) is 0 Å². The highest BCUT2D eigenvalue weighted by molar-refractivity contribution is 5.74. The molecule has 0 amide bonds. The van der Waals surface area contributed by atoms with Crippen molar-refractivity contribution in [1.82, 2.24) is 14.6 Å². The molecule has 4 atom stereocenters. The van der Waals surface area contributed by atoms with Crippen LogP contribution in [-0.2, 0) is 42.2 Å². The number of aromatic nitrogens is 3. The summed E-state index contributed by atoms with van der Waals surface area (Å²) in [6.07, 6.45) is -2.87. The molecule has 1 saturated heterocycles. The molecule has 39 heavy (non-hydrogen) atoms. The van der Waals surface area contributed by atoms with Crippen molar-refractivity contribution in [2.45, 2.75) is 36.8 Å². The van der Waals surface area contributed by atoms with Crippen LogP contribution in [0.25, 0.3) is 5.52 Å². The maximum atomic E-state index is 13.1. The van der Waals surface area contributed by atoms with Crippen LogP contribution in [0.5, 0.6) is 0 Å². The van der Waals surface area contributed by atoms with Crippen LogP contribution in [-0.4, -0.2) is 56.6 Å². The fraction of sp³-hybridized carbons (Fsp3) is 0.250. The Morgan fingerprint density at radius 2 is 1.62 bits per heavy atom. The molecule has 5 rings (SSSR count). The lowest BCUT2D eigenvalue weighted by molar-refractivity contribution is -0.168. The molecule has 3 N–H and O–H groups in total. The molecule has 11 heteroatoms. The van der Waals surface area contributed by atoms with E-state index in [1.54, 1.807) is 60.7 Å². The van der Waals surface area contributed by atoms with Crippen molar-refractivity contribution in [3.05, 3.63) is 95.9 Å². The zero-order chi connectivity index (χ0) is 27.4. The summed E-state index contributed by atoms with van der Waals surface area (Å²) in [5, 5.41) is 24.9. The summed E-state index contributed by atoms with van der Waals surface area (Å²) in [6, 6.07) is 23.1. The van der Waals surface area contributed by atoms with Crippen LogP contribution in [0.2, 0.25) is 0 Å². The van der Waals surface area contributed by atoms with E-state index in [2.05, 4.69) is 16.2 Å². The molecule has 1 aliphatic rings. The lowest BCUT2D eigenvalue weighted by Gasteiger charge is -2.28. The fourth-order valence-electron chi connectivity index (χ4n) is 4.72. The molecule has 0 aliphatic carbocycles. The van der Waals surface area contributed by atoms with E-state index in [1.807, 2.05) is 12.1 Å². The Labute approximate surface area is 223 Å². The van der Waals surface area contributed by atoms with E-state index < -0.39 is 42.5 Å². The van der Waals surface area contributed by atoms with Gasteiger partial charge in [0, 0.05) is 0 Å². The molecule has 1 fully saturated rings. The zero-order valence-electron chi connectivity index (χ0n) is 20.7. The number of nitrogens with zero attached hydrogens (tertiary/aromatic N) is 4. The molecule has 0 unspecified atom stereocenters. The van der Waals surface area contributed by atoms with Crippen molar-refractivity contribution in [1.29, 1.82) is 5.26 Å². The molecule has 2 aromatic heterocycles. The standard InChI is InChI=1S/C28H25N5O6/c29-16-28(22-12-11-20-27(30)31-17-32-33(20)22)26(38-24(36)14-19-9-5-2-6-10-19)25(21(15-34)39-28)37-23(35)13-18-7-3-1-4-8-18/h1-12,17,21,25-26,34H,13-15H2,(H2,30,31,32)/t21-,25-,26-,28+/m1/s1.